The smallest absolute Gasteiger partial charge is 0.416 e. The number of benzene rings is 1. The number of hydrogen-bond acceptors (Lipinski definition) is 8. The molecule has 0 aliphatic rings. The van der Waals surface area contributed by atoms with Gasteiger partial charge in [-0.3, -0.25) is 9.59 Å². The lowest BCUT2D eigenvalue weighted by Crippen LogP contribution is -2.24. The maximum atomic E-state index is 12.8. The van der Waals surface area contributed by atoms with Crippen molar-refractivity contribution < 1.29 is 27.9 Å². The molecule has 0 aliphatic heterocycles. The second kappa shape index (κ2) is 12.9. The number of nitrogens with zero attached hydrogens (tertiary/aromatic N) is 2. The molecule has 0 bridgehead atoms. The van der Waals surface area contributed by atoms with Crippen LogP contribution in [0.5, 0.6) is 5.75 Å². The molecule has 0 radical (unpaired) electrons. The number of carbonyl (C=O) groups is 2. The third kappa shape index (κ3) is 7.58. The first-order valence-corrected chi connectivity index (χ1v) is 12.8. The highest BCUT2D eigenvalue weighted by Crippen LogP contribution is 2.40. The Morgan fingerprint density at radius 2 is 1.77 bits per heavy atom. The van der Waals surface area contributed by atoms with Crippen molar-refractivity contribution in [3.8, 4) is 16.2 Å². The summed E-state index contributed by atoms with van der Waals surface area (Å²) in [6.45, 7) is 5.22. The number of alkyl halides is 3. The van der Waals surface area contributed by atoms with Crippen molar-refractivity contribution in [2.24, 2.45) is 10.3 Å². The fourth-order valence-electron chi connectivity index (χ4n) is 3.18. The Morgan fingerprint density at radius 3 is 2.38 bits per heavy atom. The average Bonchev–Trinajstić information content (AvgIpc) is 3.55. The van der Waals surface area contributed by atoms with Gasteiger partial charge in [-0.2, -0.15) is 18.3 Å². The molecule has 0 unspecified atom stereocenters. The van der Waals surface area contributed by atoms with Crippen LogP contribution in [0.25, 0.3) is 10.4 Å². The van der Waals surface area contributed by atoms with E-state index in [1.54, 1.807) is 18.4 Å². The van der Waals surface area contributed by atoms with Crippen LogP contribution in [0, 0.1) is 4.91 Å². The minimum atomic E-state index is -4.46. The Kier molecular flexibility index (Phi) is 9.68. The van der Waals surface area contributed by atoms with Crippen LogP contribution in [0.2, 0.25) is 0 Å². The number of nitrogens with one attached hydrogen (secondary N) is 2. The van der Waals surface area contributed by atoms with Gasteiger partial charge >= 0.3 is 6.18 Å². The SMILES string of the molecule is C=C/C=C(\C=C/N=O)CNC(=O)c1ccc(C(=O)N/N=C(\C)c2csc(-c3ccc(C(F)(F)F)cc3)c2O)s1. The molecular formula is C26H21F3N4O4S2. The quantitative estimate of drug-likeness (QED) is 0.111. The van der Waals surface area contributed by atoms with Crippen LogP contribution in [0.1, 0.15) is 37.4 Å². The molecule has 0 spiro atoms. The second-order valence-electron chi connectivity index (χ2n) is 7.79. The number of nitroso groups, excluding NO2 is 1. The lowest BCUT2D eigenvalue weighted by atomic mass is 10.1. The molecule has 1 aromatic carbocycles. The molecule has 0 aliphatic carbocycles. The third-order valence-corrected chi connectivity index (χ3v) is 7.24. The summed E-state index contributed by atoms with van der Waals surface area (Å²) in [5.74, 6) is -1.18. The van der Waals surface area contributed by atoms with Crippen molar-refractivity contribution in [3.63, 3.8) is 0 Å². The highest BCUT2D eigenvalue weighted by Gasteiger charge is 2.30. The molecule has 202 valence electrons. The molecule has 2 amide bonds. The predicted molar refractivity (Wildman–Crippen MR) is 146 cm³/mol. The van der Waals surface area contributed by atoms with Crippen molar-refractivity contribution in [1.82, 2.24) is 10.7 Å². The van der Waals surface area contributed by atoms with Gasteiger partial charge in [0.15, 0.2) is 0 Å². The number of hydrogen-bond donors (Lipinski definition) is 3. The van der Waals surface area contributed by atoms with E-state index < -0.39 is 23.6 Å². The summed E-state index contributed by atoms with van der Waals surface area (Å²) in [5, 5.41) is 21.5. The van der Waals surface area contributed by atoms with Gasteiger partial charge in [-0.25, -0.2) is 5.43 Å². The van der Waals surface area contributed by atoms with E-state index >= 15 is 0 Å². The topological polar surface area (TPSA) is 120 Å². The Bertz CT molecular complexity index is 1470. The van der Waals surface area contributed by atoms with Gasteiger partial charge in [0.25, 0.3) is 11.8 Å². The Balaban J connectivity index is 1.65. The Morgan fingerprint density at radius 1 is 1.10 bits per heavy atom. The van der Waals surface area contributed by atoms with E-state index in [1.807, 2.05) is 0 Å². The first-order chi connectivity index (χ1) is 18.5. The van der Waals surface area contributed by atoms with E-state index in [4.69, 9.17) is 0 Å². The van der Waals surface area contributed by atoms with E-state index in [2.05, 4.69) is 27.6 Å². The lowest BCUT2D eigenvalue weighted by molar-refractivity contribution is -0.137. The molecule has 13 heteroatoms. The largest absolute Gasteiger partial charge is 0.506 e. The van der Waals surface area contributed by atoms with Crippen LogP contribution in [0.4, 0.5) is 13.2 Å². The monoisotopic (exact) mass is 574 g/mol. The molecule has 0 atom stereocenters. The van der Waals surface area contributed by atoms with Gasteiger partial charge in [-0.05, 0) is 53.6 Å². The number of hydrazone groups is 1. The van der Waals surface area contributed by atoms with E-state index in [0.29, 0.717) is 21.6 Å². The number of amides is 2. The molecule has 39 heavy (non-hydrogen) atoms. The van der Waals surface area contributed by atoms with Gasteiger partial charge in [0, 0.05) is 11.9 Å². The van der Waals surface area contributed by atoms with E-state index in [1.165, 1.54) is 36.4 Å². The molecule has 0 fully saturated rings. The highest BCUT2D eigenvalue weighted by atomic mass is 32.1. The Hall–Kier alpha value is -4.36. The first-order valence-electron chi connectivity index (χ1n) is 11.1. The van der Waals surface area contributed by atoms with Crippen molar-refractivity contribution in [1.29, 1.82) is 0 Å². The number of allylic oxidation sites excluding steroid dienone is 2. The average molecular weight is 575 g/mol. The van der Waals surface area contributed by atoms with Crippen LogP contribution in [0.3, 0.4) is 0 Å². The van der Waals surface area contributed by atoms with Crippen molar-refractivity contribution in [3.05, 3.63) is 104 Å². The third-order valence-electron chi connectivity index (χ3n) is 5.14. The summed E-state index contributed by atoms with van der Waals surface area (Å²) in [6, 6.07) is 7.35. The van der Waals surface area contributed by atoms with Crippen molar-refractivity contribution >= 4 is 40.2 Å². The summed E-state index contributed by atoms with van der Waals surface area (Å²) in [5.41, 5.74) is 3.15. The fraction of sp³-hybridized carbons (Fsp3) is 0.115. The van der Waals surface area contributed by atoms with Crippen molar-refractivity contribution in [2.45, 2.75) is 13.1 Å². The molecule has 3 rings (SSSR count). The van der Waals surface area contributed by atoms with Gasteiger partial charge in [0.2, 0.25) is 0 Å². The maximum absolute atomic E-state index is 12.8. The number of carbonyl (C=O) groups excluding carboxylic acids is 2. The molecule has 8 nitrogen and oxygen atoms in total. The number of halogens is 3. The van der Waals surface area contributed by atoms with Gasteiger partial charge in [-0.1, -0.05) is 30.9 Å². The van der Waals surface area contributed by atoms with Gasteiger partial charge in [0.1, 0.15) is 5.75 Å². The zero-order chi connectivity index (χ0) is 28.6. The minimum absolute atomic E-state index is 0.110. The summed E-state index contributed by atoms with van der Waals surface area (Å²) < 4.78 is 38.5. The lowest BCUT2D eigenvalue weighted by Gasteiger charge is -2.07. The minimum Gasteiger partial charge on any atom is -0.506 e. The fourth-order valence-corrected chi connectivity index (χ4v) is 5.00. The van der Waals surface area contributed by atoms with Crippen LogP contribution >= 0.6 is 22.7 Å². The number of thiophene rings is 2. The molecule has 3 N–H and O–H groups in total. The first kappa shape index (κ1) is 29.2. The second-order valence-corrected chi connectivity index (χ2v) is 9.75. The normalized spacial score (nSPS) is 12.4. The molecule has 3 aromatic rings. The van der Waals surface area contributed by atoms with E-state index in [-0.39, 0.29) is 27.8 Å². The standard InChI is InChI=1S/C26H21F3N4O4S2/c1-3-4-16(11-12-31-37)13-30-24(35)20-9-10-21(39-20)25(36)33-32-15(2)19-14-38-23(22(19)34)17-5-7-18(8-6-17)26(27,28)29/h3-12,14,34H,1,13H2,2H3,(H,30,35)(H,33,36)/b12-11-,16-4+,32-15+. The number of rotatable bonds is 10. The molecule has 0 saturated heterocycles. The summed E-state index contributed by atoms with van der Waals surface area (Å²) in [4.78, 5) is 36.1. The number of aromatic hydroxyl groups is 1. The van der Waals surface area contributed by atoms with Crippen LogP contribution in [0.15, 0.2) is 88.6 Å². The summed E-state index contributed by atoms with van der Waals surface area (Å²) in [7, 11) is 0. The predicted octanol–water partition coefficient (Wildman–Crippen LogP) is 6.48. The summed E-state index contributed by atoms with van der Waals surface area (Å²) >= 11 is 2.06. The highest BCUT2D eigenvalue weighted by molar-refractivity contribution is 7.16. The molecular weight excluding hydrogens is 553 g/mol. The van der Waals surface area contributed by atoms with Crippen molar-refractivity contribution in [2.75, 3.05) is 6.54 Å². The van der Waals surface area contributed by atoms with Crippen LogP contribution < -0.4 is 10.7 Å². The van der Waals surface area contributed by atoms with E-state index in [0.717, 1.165) is 41.0 Å². The van der Waals surface area contributed by atoms with Crippen LogP contribution in [-0.2, 0) is 6.18 Å². The van der Waals surface area contributed by atoms with Gasteiger partial charge in [-0.15, -0.1) is 27.6 Å². The van der Waals surface area contributed by atoms with E-state index in [9.17, 15) is 32.8 Å². The van der Waals surface area contributed by atoms with Gasteiger partial charge < -0.3 is 10.4 Å². The molecule has 2 aromatic heterocycles. The molecule has 0 saturated carbocycles. The maximum Gasteiger partial charge on any atom is 0.416 e. The van der Waals surface area contributed by atoms with Crippen LogP contribution in [-0.4, -0.2) is 29.2 Å². The Labute approximate surface area is 228 Å². The summed E-state index contributed by atoms with van der Waals surface area (Å²) in [6.07, 6.45) is 1.12. The zero-order valence-corrected chi connectivity index (χ0v) is 21.9. The molecule has 2 heterocycles. The van der Waals surface area contributed by atoms with Gasteiger partial charge in [0.05, 0.1) is 37.7 Å². The zero-order valence-electron chi connectivity index (χ0n) is 20.3.